The second kappa shape index (κ2) is 7.52. The van der Waals surface area contributed by atoms with Crippen LogP contribution in [-0.2, 0) is 20.9 Å². The summed E-state index contributed by atoms with van der Waals surface area (Å²) in [5.74, 6) is -1.36. The van der Waals surface area contributed by atoms with Gasteiger partial charge < -0.3 is 10.1 Å². The molecule has 0 aromatic heterocycles. The fraction of sp³-hybridized carbons (Fsp3) is 0.167. The molecule has 1 radical (unpaired) electrons. The third-order valence-electron chi connectivity index (χ3n) is 2.03. The molecule has 0 aliphatic heterocycles. The average molecular weight is 328 g/mol. The number of ether oxygens (including phenoxy) is 1. The first kappa shape index (κ1) is 15.2. The number of hydrogen-bond acceptors (Lipinski definition) is 4. The first-order valence-electron chi connectivity index (χ1n) is 5.30. The van der Waals surface area contributed by atoms with Crippen LogP contribution in [0.4, 0.5) is 4.79 Å². The van der Waals surface area contributed by atoms with Crippen molar-refractivity contribution in [1.82, 2.24) is 9.24 Å². The number of amides is 3. The molecule has 0 bridgehead atoms. The van der Waals surface area contributed by atoms with Crippen LogP contribution in [0.15, 0.2) is 30.3 Å². The Morgan fingerprint density at radius 3 is 2.47 bits per heavy atom. The van der Waals surface area contributed by atoms with Crippen molar-refractivity contribution in [3.63, 3.8) is 0 Å². The summed E-state index contributed by atoms with van der Waals surface area (Å²) in [6.45, 7) is 2.78. The van der Waals surface area contributed by atoms with Gasteiger partial charge >= 0.3 is 6.09 Å². The summed E-state index contributed by atoms with van der Waals surface area (Å²) in [5, 5.41) is 2.23. The lowest BCUT2D eigenvalue weighted by Crippen LogP contribution is -2.37. The predicted octanol–water partition coefficient (Wildman–Crippen LogP) is 1.41. The Kier molecular flexibility index (Phi) is 6.01. The quantitative estimate of drug-likeness (QED) is 0.848. The summed E-state index contributed by atoms with van der Waals surface area (Å²) >= 11 is 2.71. The Morgan fingerprint density at radius 2 is 1.89 bits per heavy atom. The lowest BCUT2D eigenvalue weighted by Gasteiger charge is -2.10. The molecule has 0 saturated heterocycles. The number of rotatable bonds is 4. The van der Waals surface area contributed by atoms with Gasteiger partial charge in [-0.05, 0) is 5.56 Å². The molecule has 0 spiro atoms. The lowest BCUT2D eigenvalue weighted by atomic mass is 10.2. The highest BCUT2D eigenvalue weighted by Gasteiger charge is 2.15. The fourth-order valence-corrected chi connectivity index (χ4v) is 1.26. The van der Waals surface area contributed by atoms with Crippen molar-refractivity contribution in [2.24, 2.45) is 0 Å². The van der Waals surface area contributed by atoms with E-state index < -0.39 is 17.9 Å². The van der Waals surface area contributed by atoms with E-state index in [-0.39, 0.29) is 13.2 Å². The Hall–Kier alpha value is -1.89. The Bertz CT molecular complexity index is 464. The van der Waals surface area contributed by atoms with Crippen molar-refractivity contribution in [3.8, 4) is 0 Å². The number of hydrogen-bond donors (Lipinski definition) is 1. The number of halogens is 1. The summed E-state index contributed by atoms with van der Waals surface area (Å²) in [6, 6.07) is 9.11. The highest BCUT2D eigenvalue weighted by molar-refractivity contribution is 9.08. The molecule has 3 amide bonds. The molecule has 1 rings (SSSR count). The van der Waals surface area contributed by atoms with Gasteiger partial charge in [0, 0.05) is 6.92 Å². The van der Waals surface area contributed by atoms with Gasteiger partial charge in [-0.15, -0.1) is 0 Å². The Morgan fingerprint density at radius 1 is 1.26 bits per heavy atom. The monoisotopic (exact) mass is 327 g/mol. The van der Waals surface area contributed by atoms with Crippen molar-refractivity contribution >= 4 is 34.1 Å². The van der Waals surface area contributed by atoms with Crippen LogP contribution in [0.1, 0.15) is 5.56 Å². The maximum Gasteiger partial charge on any atom is 0.407 e. The first-order valence-corrected chi connectivity index (χ1v) is 6.01. The summed E-state index contributed by atoms with van der Waals surface area (Å²) in [7, 11) is 0. The molecule has 7 heteroatoms. The molecular weight excluding hydrogens is 316 g/mol. The summed E-state index contributed by atoms with van der Waals surface area (Å²) in [6.07, 6.45) is -0.741. The number of alkyl carbamates (subject to hydrolysis) is 1. The third kappa shape index (κ3) is 5.52. The highest BCUT2D eigenvalue weighted by Crippen LogP contribution is 2.01. The normalized spacial score (nSPS) is 9.58. The van der Waals surface area contributed by atoms with E-state index in [2.05, 4.69) is 28.4 Å². The van der Waals surface area contributed by atoms with Crippen LogP contribution in [0.3, 0.4) is 0 Å². The van der Waals surface area contributed by atoms with Gasteiger partial charge in [0.15, 0.2) is 0 Å². The second-order valence-electron chi connectivity index (χ2n) is 3.48. The van der Waals surface area contributed by atoms with E-state index in [4.69, 9.17) is 4.74 Å². The van der Waals surface area contributed by atoms with Crippen LogP contribution in [0.2, 0.25) is 0 Å². The van der Waals surface area contributed by atoms with E-state index in [9.17, 15) is 14.4 Å². The molecule has 1 aromatic rings. The van der Waals surface area contributed by atoms with E-state index >= 15 is 0 Å². The zero-order valence-corrected chi connectivity index (χ0v) is 11.6. The third-order valence-corrected chi connectivity index (χ3v) is 2.83. The van der Waals surface area contributed by atoms with Crippen LogP contribution in [0.5, 0.6) is 0 Å². The molecule has 0 heterocycles. The van der Waals surface area contributed by atoms with Gasteiger partial charge in [0.2, 0.25) is 5.91 Å². The van der Waals surface area contributed by atoms with E-state index in [1.165, 1.54) is 0 Å². The fourth-order valence-electron chi connectivity index (χ4n) is 1.13. The molecule has 0 aliphatic rings. The summed E-state index contributed by atoms with van der Waals surface area (Å²) in [4.78, 5) is 33.3. The van der Waals surface area contributed by atoms with E-state index in [1.807, 2.05) is 18.2 Å². The number of nitrogens with one attached hydrogen (secondary N) is 1. The second-order valence-corrected chi connectivity index (χ2v) is 4.19. The number of nitrogens with zero attached hydrogens (tertiary/aromatic N) is 1. The zero-order valence-electron chi connectivity index (χ0n) is 9.97. The number of carbonyl (C=O) groups excluding carboxylic acids is 3. The molecule has 0 saturated carbocycles. The molecule has 0 aliphatic carbocycles. The number of imide groups is 1. The maximum atomic E-state index is 11.3. The minimum atomic E-state index is -0.741. The van der Waals surface area contributed by atoms with E-state index in [0.717, 1.165) is 5.56 Å². The smallest absolute Gasteiger partial charge is 0.407 e. The number of carbonyl (C=O) groups is 3. The van der Waals surface area contributed by atoms with E-state index in [0.29, 0.717) is 3.93 Å². The Labute approximate surface area is 119 Å². The summed E-state index contributed by atoms with van der Waals surface area (Å²) < 4.78 is 5.51. The molecule has 0 unspecified atom stereocenters. The topological polar surface area (TPSA) is 75.7 Å². The summed E-state index contributed by atoms with van der Waals surface area (Å²) in [5.41, 5.74) is 0.832. The van der Waals surface area contributed by atoms with Crippen LogP contribution in [-0.4, -0.2) is 28.4 Å². The van der Waals surface area contributed by atoms with Gasteiger partial charge in [0.05, 0.1) is 16.1 Å². The zero-order chi connectivity index (χ0) is 14.3. The maximum absolute atomic E-state index is 11.3. The molecule has 6 nitrogen and oxygen atoms in total. The van der Waals surface area contributed by atoms with Gasteiger partial charge in [-0.3, -0.25) is 9.59 Å². The van der Waals surface area contributed by atoms with Gasteiger partial charge in [-0.25, -0.2) is 8.72 Å². The molecular formula is C12H12BrN2O4. The Balaban J connectivity index is 2.29. The standard InChI is InChI=1S/C12H12BrN2O4/c1-9(16)15(13)11(17)7-14-12(18)19-8-10-5-3-2-4-6-10/h2-6H,1,7-8H2,(H,14,18). The minimum Gasteiger partial charge on any atom is -0.445 e. The largest absolute Gasteiger partial charge is 0.445 e. The predicted molar refractivity (Wildman–Crippen MR) is 70.8 cm³/mol. The van der Waals surface area contributed by atoms with Crippen molar-refractivity contribution < 1.29 is 19.1 Å². The van der Waals surface area contributed by atoms with Crippen LogP contribution in [0.25, 0.3) is 0 Å². The molecule has 19 heavy (non-hydrogen) atoms. The van der Waals surface area contributed by atoms with E-state index in [1.54, 1.807) is 12.1 Å². The van der Waals surface area contributed by atoms with Crippen LogP contribution >= 0.6 is 16.1 Å². The lowest BCUT2D eigenvalue weighted by molar-refractivity contribution is -0.134. The van der Waals surface area contributed by atoms with Crippen LogP contribution < -0.4 is 5.32 Å². The molecule has 101 valence electrons. The molecule has 0 fully saturated rings. The van der Waals surface area contributed by atoms with Crippen molar-refractivity contribution in [2.75, 3.05) is 6.54 Å². The highest BCUT2D eigenvalue weighted by atomic mass is 79.9. The molecule has 0 atom stereocenters. The van der Waals surface area contributed by atoms with Gasteiger partial charge in [-0.1, -0.05) is 30.3 Å². The number of benzene rings is 1. The van der Waals surface area contributed by atoms with Crippen molar-refractivity contribution in [3.05, 3.63) is 42.8 Å². The van der Waals surface area contributed by atoms with Gasteiger partial charge in [-0.2, -0.15) is 0 Å². The van der Waals surface area contributed by atoms with Gasteiger partial charge in [0.1, 0.15) is 13.2 Å². The van der Waals surface area contributed by atoms with Crippen molar-refractivity contribution in [1.29, 1.82) is 0 Å². The molecule has 1 N–H and O–H groups in total. The minimum absolute atomic E-state index is 0.104. The molecule has 1 aromatic carbocycles. The average Bonchev–Trinajstić information content (AvgIpc) is 2.42. The van der Waals surface area contributed by atoms with Gasteiger partial charge in [0.25, 0.3) is 5.91 Å². The van der Waals surface area contributed by atoms with Crippen LogP contribution in [0, 0.1) is 6.92 Å². The SMILES string of the molecule is [CH2]C(=O)N(Br)C(=O)CNC(=O)OCc1ccccc1. The van der Waals surface area contributed by atoms with Crippen molar-refractivity contribution in [2.45, 2.75) is 6.61 Å². The first-order chi connectivity index (χ1) is 9.00.